The van der Waals surface area contributed by atoms with Crippen LogP contribution in [0.3, 0.4) is 0 Å². The maximum Gasteiger partial charge on any atom is 0.309 e. The lowest BCUT2D eigenvalue weighted by atomic mass is 9.63. The molecule has 0 amide bonds. The van der Waals surface area contributed by atoms with Gasteiger partial charge in [0.05, 0.1) is 27.1 Å². The summed E-state index contributed by atoms with van der Waals surface area (Å²) >= 11 is 0. The molecular formula is C33H50O10. The van der Waals surface area contributed by atoms with Crippen molar-refractivity contribution in [3.8, 4) is 0 Å². The molecule has 0 aliphatic carbocycles. The molecule has 0 fully saturated rings. The zero-order valence-corrected chi connectivity index (χ0v) is 27.0. The highest BCUT2D eigenvalue weighted by Crippen LogP contribution is 2.47. The van der Waals surface area contributed by atoms with Gasteiger partial charge in [0.2, 0.25) is 0 Å². The van der Waals surface area contributed by atoms with E-state index in [1.807, 2.05) is 38.1 Å². The quantitative estimate of drug-likeness (QED) is 0.120. The smallest absolute Gasteiger partial charge is 0.309 e. The molecule has 10 nitrogen and oxygen atoms in total. The minimum atomic E-state index is -1.60. The molecule has 0 aliphatic rings. The highest BCUT2D eigenvalue weighted by atomic mass is 16.4. The molecule has 6 unspecified atom stereocenters. The molecule has 1 rings (SSSR count). The number of hydrogen-bond acceptors (Lipinski definition) is 5. The molecule has 0 saturated heterocycles. The summed E-state index contributed by atoms with van der Waals surface area (Å²) in [4.78, 5) is 60.6. The van der Waals surface area contributed by atoms with Gasteiger partial charge in [-0.3, -0.25) is 24.0 Å². The zero-order chi connectivity index (χ0) is 33.8. The Kier molecular flexibility index (Phi) is 11.8. The van der Waals surface area contributed by atoms with Crippen LogP contribution in [0, 0.1) is 27.1 Å². The first kappa shape index (κ1) is 37.6. The van der Waals surface area contributed by atoms with Crippen LogP contribution in [0.15, 0.2) is 24.3 Å². The summed E-state index contributed by atoms with van der Waals surface area (Å²) in [6.07, 6.45) is 0.0973. The average Bonchev–Trinajstić information content (AvgIpc) is 2.87. The van der Waals surface area contributed by atoms with Gasteiger partial charge in [-0.2, -0.15) is 0 Å². The number of carboxylic acids is 5. The summed E-state index contributed by atoms with van der Waals surface area (Å²) in [5.74, 6) is -6.17. The van der Waals surface area contributed by atoms with Crippen LogP contribution in [-0.4, -0.2) is 55.4 Å². The maximum absolute atomic E-state index is 12.5. The van der Waals surface area contributed by atoms with Crippen LogP contribution >= 0.6 is 0 Å². The predicted molar refractivity (Wildman–Crippen MR) is 161 cm³/mol. The van der Waals surface area contributed by atoms with Gasteiger partial charge >= 0.3 is 29.8 Å². The molecule has 5 N–H and O–H groups in total. The molecule has 43 heavy (non-hydrogen) atoms. The molecule has 1 aromatic rings. The fourth-order valence-electron chi connectivity index (χ4n) is 6.55. The molecule has 1 aromatic carbocycles. The SMILES string of the molecule is CCC(C)(CC(C)(CC(C)c1ccc(C(C)CC(C)(CC(C)(CC(C)(C)C(=O)O)C(=O)O)C(=O)O)cc1)C(=O)O)C(=O)O. The summed E-state index contributed by atoms with van der Waals surface area (Å²) < 4.78 is 0. The Hall–Kier alpha value is -3.43. The van der Waals surface area contributed by atoms with Crippen molar-refractivity contribution in [3.63, 3.8) is 0 Å². The van der Waals surface area contributed by atoms with Crippen LogP contribution in [-0.2, 0) is 24.0 Å². The molecule has 0 bridgehead atoms. The van der Waals surface area contributed by atoms with Crippen LogP contribution < -0.4 is 0 Å². The number of carboxylic acid groups (broad SMARTS) is 5. The first-order valence-electron chi connectivity index (χ1n) is 14.6. The van der Waals surface area contributed by atoms with E-state index in [2.05, 4.69) is 0 Å². The van der Waals surface area contributed by atoms with Crippen LogP contribution in [0.25, 0.3) is 0 Å². The summed E-state index contributed by atoms with van der Waals surface area (Å²) in [5, 5.41) is 49.5. The van der Waals surface area contributed by atoms with Gasteiger partial charge < -0.3 is 25.5 Å². The van der Waals surface area contributed by atoms with Crippen molar-refractivity contribution in [1.82, 2.24) is 0 Å². The Labute approximate surface area is 254 Å². The first-order valence-corrected chi connectivity index (χ1v) is 14.6. The number of benzene rings is 1. The number of rotatable bonds is 18. The number of aliphatic carboxylic acids is 5. The highest BCUT2D eigenvalue weighted by Gasteiger charge is 2.49. The molecule has 6 atom stereocenters. The second kappa shape index (κ2) is 13.5. The summed E-state index contributed by atoms with van der Waals surface area (Å²) in [5.41, 5.74) is -5.22. The Bertz CT molecular complexity index is 1200. The topological polar surface area (TPSA) is 186 Å². The molecule has 0 aliphatic heterocycles. The first-order chi connectivity index (χ1) is 19.4. The van der Waals surface area contributed by atoms with Crippen LogP contribution in [0.4, 0.5) is 0 Å². The maximum atomic E-state index is 12.5. The molecule has 0 saturated carbocycles. The van der Waals surface area contributed by atoms with Crippen LogP contribution in [0.2, 0.25) is 0 Å². The van der Waals surface area contributed by atoms with E-state index >= 15 is 0 Å². The van der Waals surface area contributed by atoms with E-state index < -0.39 is 56.9 Å². The Morgan fingerprint density at radius 1 is 0.535 bits per heavy atom. The fourth-order valence-corrected chi connectivity index (χ4v) is 6.55. The second-order valence-corrected chi connectivity index (χ2v) is 14.4. The van der Waals surface area contributed by atoms with Gasteiger partial charge in [0, 0.05) is 0 Å². The number of hydrogen-bond donors (Lipinski definition) is 5. The van der Waals surface area contributed by atoms with Crippen molar-refractivity contribution in [2.45, 2.75) is 113 Å². The van der Waals surface area contributed by atoms with Crippen molar-refractivity contribution in [1.29, 1.82) is 0 Å². The number of carbonyl (C=O) groups is 5. The van der Waals surface area contributed by atoms with E-state index in [0.717, 1.165) is 11.1 Å². The minimum Gasteiger partial charge on any atom is -0.481 e. The molecular weight excluding hydrogens is 556 g/mol. The van der Waals surface area contributed by atoms with Gasteiger partial charge in [-0.05, 0) is 103 Å². The lowest BCUT2D eigenvalue weighted by molar-refractivity contribution is -0.162. The third-order valence-electron chi connectivity index (χ3n) is 9.41. The van der Waals surface area contributed by atoms with Crippen molar-refractivity contribution in [3.05, 3.63) is 35.4 Å². The Morgan fingerprint density at radius 2 is 0.837 bits per heavy atom. The fraction of sp³-hybridized carbons (Fsp3) is 0.667. The van der Waals surface area contributed by atoms with E-state index in [9.17, 15) is 49.5 Å². The van der Waals surface area contributed by atoms with Crippen molar-refractivity contribution < 1.29 is 49.5 Å². The van der Waals surface area contributed by atoms with Gasteiger partial charge in [-0.25, -0.2) is 0 Å². The van der Waals surface area contributed by atoms with Crippen LogP contribution in [0.1, 0.15) is 124 Å². The summed E-state index contributed by atoms with van der Waals surface area (Å²) in [7, 11) is 0. The van der Waals surface area contributed by atoms with Gasteiger partial charge in [0.15, 0.2) is 0 Å². The van der Waals surface area contributed by atoms with E-state index in [4.69, 9.17) is 0 Å². The standard InChI is InChI=1S/C33H50O10/c1-10-30(6,25(36)37)18-31(7,26(38)39)15-20(2)22-11-13-23(14-12-22)21(3)16-32(8,27(40)41)19-33(9,28(42)43)17-29(4,5)24(34)35/h11-14,20-21H,10,15-19H2,1-9H3,(H,34,35)(H,36,37)(H,38,39)(H,40,41)(H,42,43). The molecule has 0 aromatic heterocycles. The van der Waals surface area contributed by atoms with Crippen molar-refractivity contribution >= 4 is 29.8 Å². The van der Waals surface area contributed by atoms with Gasteiger partial charge in [0.1, 0.15) is 0 Å². The average molecular weight is 607 g/mol. The molecule has 242 valence electrons. The van der Waals surface area contributed by atoms with Gasteiger partial charge in [0.25, 0.3) is 0 Å². The van der Waals surface area contributed by atoms with E-state index in [-0.39, 0.29) is 43.9 Å². The Morgan fingerprint density at radius 3 is 1.09 bits per heavy atom. The van der Waals surface area contributed by atoms with Gasteiger partial charge in [-0.15, -0.1) is 0 Å². The zero-order valence-electron chi connectivity index (χ0n) is 27.0. The van der Waals surface area contributed by atoms with Gasteiger partial charge in [-0.1, -0.05) is 45.0 Å². The molecule has 0 heterocycles. The largest absolute Gasteiger partial charge is 0.481 e. The highest BCUT2D eigenvalue weighted by molar-refractivity contribution is 5.81. The third-order valence-corrected chi connectivity index (χ3v) is 9.41. The van der Waals surface area contributed by atoms with Crippen molar-refractivity contribution in [2.75, 3.05) is 0 Å². The lowest BCUT2D eigenvalue weighted by Gasteiger charge is -2.38. The monoisotopic (exact) mass is 606 g/mol. The molecule has 0 radical (unpaired) electrons. The predicted octanol–water partition coefficient (Wildman–Crippen LogP) is 6.73. The van der Waals surface area contributed by atoms with Crippen molar-refractivity contribution in [2.24, 2.45) is 27.1 Å². The lowest BCUT2D eigenvalue weighted by Crippen LogP contribution is -2.43. The van der Waals surface area contributed by atoms with Crippen LogP contribution in [0.5, 0.6) is 0 Å². The minimum absolute atomic E-state index is 0.0205. The third kappa shape index (κ3) is 9.03. The van der Waals surface area contributed by atoms with E-state index in [1.165, 1.54) is 27.7 Å². The normalized spacial score (nSPS) is 19.0. The second-order valence-electron chi connectivity index (χ2n) is 14.4. The molecule has 0 spiro atoms. The summed E-state index contributed by atoms with van der Waals surface area (Å²) in [6, 6.07) is 7.39. The molecule has 10 heteroatoms. The van der Waals surface area contributed by atoms with E-state index in [1.54, 1.807) is 20.8 Å². The van der Waals surface area contributed by atoms with E-state index in [0.29, 0.717) is 6.42 Å². The summed E-state index contributed by atoms with van der Waals surface area (Å²) in [6.45, 7) is 14.3. The Balaban J connectivity index is 3.22.